The summed E-state index contributed by atoms with van der Waals surface area (Å²) in [6.45, 7) is 1.02. The Kier molecular flexibility index (Phi) is 2.19. The van der Waals surface area contributed by atoms with E-state index in [0.29, 0.717) is 6.10 Å². The number of hydrogen-bond donors (Lipinski definition) is 0. The summed E-state index contributed by atoms with van der Waals surface area (Å²) in [7, 11) is 0. The lowest BCUT2D eigenvalue weighted by Gasteiger charge is -2.34. The van der Waals surface area contributed by atoms with Gasteiger partial charge in [0.15, 0.2) is 0 Å². The Labute approximate surface area is 66.5 Å². The predicted octanol–water partition coefficient (Wildman–Crippen LogP) is 2.06. The molecule has 0 radical (unpaired) electrons. The zero-order valence-corrected chi connectivity index (χ0v) is 7.03. The molecule has 0 aromatic rings. The lowest BCUT2D eigenvalue weighted by Crippen LogP contribution is -2.34. The number of rotatable bonds is 0. The van der Waals surface area contributed by atoms with Crippen molar-refractivity contribution in [2.24, 2.45) is 0 Å². The van der Waals surface area contributed by atoms with Crippen LogP contribution in [0, 0.1) is 0 Å². The average Bonchev–Trinajstić information content (AvgIpc) is 2.05. The molecule has 2 heteroatoms. The maximum Gasteiger partial charge on any atom is 0.0693 e. The van der Waals surface area contributed by atoms with Gasteiger partial charge in [0, 0.05) is 11.9 Å². The molecule has 2 fully saturated rings. The van der Waals surface area contributed by atoms with Crippen molar-refractivity contribution in [3.05, 3.63) is 0 Å². The van der Waals surface area contributed by atoms with E-state index in [1.165, 1.54) is 31.4 Å². The van der Waals surface area contributed by atoms with Gasteiger partial charge in [0.05, 0.1) is 6.10 Å². The normalized spacial score (nSPS) is 40.8. The molecule has 0 aromatic carbocycles. The summed E-state index contributed by atoms with van der Waals surface area (Å²) in [6.07, 6.45) is 5.99. The van der Waals surface area contributed by atoms with E-state index in [4.69, 9.17) is 4.74 Å². The van der Waals surface area contributed by atoms with Gasteiger partial charge in [-0.2, -0.15) is 11.8 Å². The summed E-state index contributed by atoms with van der Waals surface area (Å²) >= 11 is 2.12. The standard InChI is InChI=1S/C8H14OS/c1-4-8-7(9-5-1)3-2-6-10-8/h7-8H,1-6H2. The van der Waals surface area contributed by atoms with Gasteiger partial charge >= 0.3 is 0 Å². The summed E-state index contributed by atoms with van der Waals surface area (Å²) in [4.78, 5) is 0. The maximum absolute atomic E-state index is 5.66. The van der Waals surface area contributed by atoms with Crippen LogP contribution in [-0.2, 0) is 4.74 Å². The van der Waals surface area contributed by atoms with Crippen molar-refractivity contribution >= 4 is 11.8 Å². The highest BCUT2D eigenvalue weighted by Crippen LogP contribution is 2.33. The number of hydrogen-bond acceptors (Lipinski definition) is 2. The molecule has 2 atom stereocenters. The van der Waals surface area contributed by atoms with Gasteiger partial charge in [-0.25, -0.2) is 0 Å². The Morgan fingerprint density at radius 3 is 3.10 bits per heavy atom. The van der Waals surface area contributed by atoms with Crippen molar-refractivity contribution in [1.29, 1.82) is 0 Å². The van der Waals surface area contributed by atoms with Crippen LogP contribution in [0.1, 0.15) is 25.7 Å². The van der Waals surface area contributed by atoms with Crippen LogP contribution in [0.15, 0.2) is 0 Å². The predicted molar refractivity (Wildman–Crippen MR) is 44.5 cm³/mol. The van der Waals surface area contributed by atoms with Gasteiger partial charge in [0.2, 0.25) is 0 Å². The molecule has 0 saturated carbocycles. The fraction of sp³-hybridized carbons (Fsp3) is 1.00. The second kappa shape index (κ2) is 3.14. The molecular weight excluding hydrogens is 144 g/mol. The SMILES string of the molecule is C1CSC2CCCOC2C1. The fourth-order valence-electron chi connectivity index (χ4n) is 1.79. The second-order valence-electron chi connectivity index (χ2n) is 3.10. The lowest BCUT2D eigenvalue weighted by atomic mass is 10.0. The van der Waals surface area contributed by atoms with E-state index in [2.05, 4.69) is 11.8 Å². The first-order valence-electron chi connectivity index (χ1n) is 4.20. The molecule has 0 aliphatic carbocycles. The van der Waals surface area contributed by atoms with Crippen molar-refractivity contribution in [2.75, 3.05) is 12.4 Å². The second-order valence-corrected chi connectivity index (χ2v) is 4.45. The van der Waals surface area contributed by atoms with Crippen LogP contribution < -0.4 is 0 Å². The molecule has 2 aliphatic rings. The van der Waals surface area contributed by atoms with Crippen LogP contribution in [0.4, 0.5) is 0 Å². The van der Waals surface area contributed by atoms with Crippen molar-refractivity contribution in [3.63, 3.8) is 0 Å². The Hall–Kier alpha value is 0.310. The van der Waals surface area contributed by atoms with Crippen LogP contribution in [0.2, 0.25) is 0 Å². The first-order chi connectivity index (χ1) is 4.97. The quantitative estimate of drug-likeness (QED) is 0.533. The van der Waals surface area contributed by atoms with Gasteiger partial charge in [-0.3, -0.25) is 0 Å². The Morgan fingerprint density at radius 1 is 1.20 bits per heavy atom. The van der Waals surface area contributed by atoms with Gasteiger partial charge in [-0.15, -0.1) is 0 Å². The number of thioether (sulfide) groups is 1. The molecule has 0 amide bonds. The van der Waals surface area contributed by atoms with Gasteiger partial charge in [0.25, 0.3) is 0 Å². The molecule has 58 valence electrons. The summed E-state index contributed by atoms with van der Waals surface area (Å²) in [5.74, 6) is 1.37. The number of ether oxygens (including phenoxy) is 1. The van der Waals surface area contributed by atoms with E-state index in [0.717, 1.165) is 11.9 Å². The van der Waals surface area contributed by atoms with Crippen LogP contribution in [0.3, 0.4) is 0 Å². The molecule has 2 unspecified atom stereocenters. The topological polar surface area (TPSA) is 9.23 Å². The van der Waals surface area contributed by atoms with Crippen LogP contribution >= 0.6 is 11.8 Å². The van der Waals surface area contributed by atoms with Crippen molar-refractivity contribution in [1.82, 2.24) is 0 Å². The van der Waals surface area contributed by atoms with Gasteiger partial charge in [-0.1, -0.05) is 0 Å². The van der Waals surface area contributed by atoms with Gasteiger partial charge in [0.1, 0.15) is 0 Å². The third-order valence-electron chi connectivity index (χ3n) is 2.34. The first kappa shape index (κ1) is 6.99. The molecule has 1 nitrogen and oxygen atoms in total. The molecule has 0 aromatic heterocycles. The maximum atomic E-state index is 5.66. The zero-order chi connectivity index (χ0) is 6.81. The van der Waals surface area contributed by atoms with E-state index < -0.39 is 0 Å². The minimum Gasteiger partial charge on any atom is -0.377 e. The molecule has 2 aliphatic heterocycles. The highest BCUT2D eigenvalue weighted by atomic mass is 32.2. The molecule has 2 saturated heterocycles. The van der Waals surface area contributed by atoms with E-state index >= 15 is 0 Å². The summed E-state index contributed by atoms with van der Waals surface area (Å²) < 4.78 is 5.66. The number of fused-ring (bicyclic) bond motifs is 1. The average molecular weight is 158 g/mol. The van der Waals surface area contributed by atoms with Crippen molar-refractivity contribution in [3.8, 4) is 0 Å². The van der Waals surface area contributed by atoms with E-state index in [1.807, 2.05) is 0 Å². The summed E-state index contributed by atoms with van der Waals surface area (Å²) in [5, 5.41) is 0.850. The molecule has 0 bridgehead atoms. The van der Waals surface area contributed by atoms with Gasteiger partial charge in [-0.05, 0) is 31.4 Å². The highest BCUT2D eigenvalue weighted by Gasteiger charge is 2.28. The molecule has 0 N–H and O–H groups in total. The van der Waals surface area contributed by atoms with Crippen LogP contribution in [0.25, 0.3) is 0 Å². The molecule has 2 heterocycles. The monoisotopic (exact) mass is 158 g/mol. The lowest BCUT2D eigenvalue weighted by molar-refractivity contribution is 0.0137. The first-order valence-corrected chi connectivity index (χ1v) is 5.25. The van der Waals surface area contributed by atoms with E-state index in [-0.39, 0.29) is 0 Å². The molecule has 10 heavy (non-hydrogen) atoms. The van der Waals surface area contributed by atoms with Crippen LogP contribution in [-0.4, -0.2) is 23.7 Å². The Balaban J connectivity index is 1.93. The third-order valence-corrected chi connectivity index (χ3v) is 3.84. The Morgan fingerprint density at radius 2 is 2.20 bits per heavy atom. The minimum atomic E-state index is 0.618. The molecular formula is C8H14OS. The smallest absolute Gasteiger partial charge is 0.0693 e. The third kappa shape index (κ3) is 1.32. The van der Waals surface area contributed by atoms with Crippen LogP contribution in [0.5, 0.6) is 0 Å². The summed E-state index contributed by atoms with van der Waals surface area (Å²) in [6, 6.07) is 0. The van der Waals surface area contributed by atoms with Gasteiger partial charge < -0.3 is 4.74 Å². The van der Waals surface area contributed by atoms with Crippen molar-refractivity contribution in [2.45, 2.75) is 37.0 Å². The van der Waals surface area contributed by atoms with E-state index in [1.54, 1.807) is 0 Å². The Bertz CT molecular complexity index is 89.8. The van der Waals surface area contributed by atoms with Crippen molar-refractivity contribution < 1.29 is 4.74 Å². The largest absolute Gasteiger partial charge is 0.377 e. The molecule has 2 rings (SSSR count). The zero-order valence-electron chi connectivity index (χ0n) is 6.21. The van der Waals surface area contributed by atoms with E-state index in [9.17, 15) is 0 Å². The minimum absolute atomic E-state index is 0.618. The fourth-order valence-corrected chi connectivity index (χ4v) is 3.19. The molecule has 0 spiro atoms. The highest BCUT2D eigenvalue weighted by molar-refractivity contribution is 8.00. The summed E-state index contributed by atoms with van der Waals surface area (Å²) in [5.41, 5.74) is 0.